The van der Waals surface area contributed by atoms with Crippen LogP contribution in [0.3, 0.4) is 0 Å². The third-order valence-corrected chi connectivity index (χ3v) is 5.32. The Morgan fingerprint density at radius 3 is 2.86 bits per heavy atom. The number of fused-ring (bicyclic) bond motifs is 1. The smallest absolute Gasteiger partial charge is 0.317 e. The fourth-order valence-corrected chi connectivity index (χ4v) is 3.80. The van der Waals surface area contributed by atoms with Gasteiger partial charge in [0.25, 0.3) is 0 Å². The number of benzene rings is 1. The van der Waals surface area contributed by atoms with Crippen molar-refractivity contribution in [1.29, 1.82) is 5.26 Å². The van der Waals surface area contributed by atoms with Crippen LogP contribution < -0.4 is 5.32 Å². The quantitative estimate of drug-likeness (QED) is 0.719. The number of urea groups is 1. The first-order valence-electron chi connectivity index (χ1n) is 9.31. The highest BCUT2D eigenvalue weighted by atomic mass is 35.5. The number of amides is 2. The van der Waals surface area contributed by atoms with E-state index in [1.165, 1.54) is 0 Å². The minimum atomic E-state index is -0.115. The van der Waals surface area contributed by atoms with E-state index in [1.54, 1.807) is 23.4 Å². The van der Waals surface area contributed by atoms with Crippen molar-refractivity contribution < 1.29 is 9.53 Å². The second-order valence-corrected chi connectivity index (χ2v) is 7.33. The van der Waals surface area contributed by atoms with Crippen LogP contribution in [0, 0.1) is 11.3 Å². The molecule has 2 aromatic heterocycles. The molecule has 0 spiro atoms. The largest absolute Gasteiger partial charge is 0.378 e. The van der Waals surface area contributed by atoms with Crippen molar-refractivity contribution >= 4 is 28.5 Å². The van der Waals surface area contributed by atoms with E-state index in [1.807, 2.05) is 29.8 Å². The van der Waals surface area contributed by atoms with Crippen molar-refractivity contribution in [2.45, 2.75) is 6.54 Å². The molecule has 1 aliphatic rings. The van der Waals surface area contributed by atoms with Crippen LogP contribution in [0.2, 0.25) is 5.02 Å². The first-order valence-corrected chi connectivity index (χ1v) is 9.69. The fourth-order valence-electron chi connectivity index (χ4n) is 3.63. The summed E-state index contributed by atoms with van der Waals surface area (Å²) in [6, 6.07) is 9.63. The van der Waals surface area contributed by atoms with E-state index in [0.717, 1.165) is 27.7 Å². The van der Waals surface area contributed by atoms with Gasteiger partial charge in [-0.25, -0.2) is 4.79 Å². The Hall–Kier alpha value is -3.08. The maximum absolute atomic E-state index is 12.3. The molecule has 0 unspecified atom stereocenters. The molecule has 148 valence electrons. The summed E-state index contributed by atoms with van der Waals surface area (Å²) in [5.74, 6) is 0. The summed E-state index contributed by atoms with van der Waals surface area (Å²) in [7, 11) is 1.90. The van der Waals surface area contributed by atoms with Crippen molar-refractivity contribution in [3.63, 3.8) is 0 Å². The van der Waals surface area contributed by atoms with Crippen LogP contribution in [0.25, 0.3) is 22.2 Å². The molecule has 29 heavy (non-hydrogen) atoms. The Labute approximate surface area is 173 Å². The molecule has 8 heteroatoms. The molecular weight excluding hydrogens is 390 g/mol. The molecule has 3 heterocycles. The topological polar surface area (TPSA) is 83.2 Å². The Kier molecular flexibility index (Phi) is 5.38. The first-order chi connectivity index (χ1) is 14.1. The van der Waals surface area contributed by atoms with Gasteiger partial charge in [-0.05, 0) is 29.8 Å². The molecule has 0 bridgehead atoms. The first kappa shape index (κ1) is 19.2. The van der Waals surface area contributed by atoms with E-state index >= 15 is 0 Å². The lowest BCUT2D eigenvalue weighted by molar-refractivity contribution is 0.0531. The van der Waals surface area contributed by atoms with Gasteiger partial charge in [-0.2, -0.15) is 5.26 Å². The van der Waals surface area contributed by atoms with Crippen LogP contribution in [0.4, 0.5) is 4.79 Å². The predicted octanol–water partition coefficient (Wildman–Crippen LogP) is 3.31. The lowest BCUT2D eigenvalue weighted by atomic mass is 10.1. The SMILES string of the molecule is Cn1c(-c2cncc(CNC(=O)N3CCOCC3)c2)c(C#N)c2ccc(Cl)cc21. The van der Waals surface area contributed by atoms with Gasteiger partial charge >= 0.3 is 6.03 Å². The summed E-state index contributed by atoms with van der Waals surface area (Å²) in [5, 5.41) is 14.2. The molecule has 0 radical (unpaired) electrons. The number of nitriles is 1. The lowest BCUT2D eigenvalue weighted by Gasteiger charge is -2.26. The van der Waals surface area contributed by atoms with Crippen molar-refractivity contribution in [2.75, 3.05) is 26.3 Å². The molecule has 1 fully saturated rings. The fraction of sp³-hybridized carbons (Fsp3) is 0.286. The molecule has 4 rings (SSSR count). The lowest BCUT2D eigenvalue weighted by Crippen LogP contribution is -2.45. The average Bonchev–Trinajstić information content (AvgIpc) is 3.04. The van der Waals surface area contributed by atoms with E-state index in [-0.39, 0.29) is 6.03 Å². The highest BCUT2D eigenvalue weighted by Crippen LogP contribution is 2.33. The Balaban J connectivity index is 1.61. The summed E-state index contributed by atoms with van der Waals surface area (Å²) in [5.41, 5.74) is 3.91. The van der Waals surface area contributed by atoms with Gasteiger partial charge in [-0.15, -0.1) is 0 Å². The summed E-state index contributed by atoms with van der Waals surface area (Å²) in [6.45, 7) is 2.66. The van der Waals surface area contributed by atoms with Crippen LogP contribution in [-0.2, 0) is 18.3 Å². The minimum absolute atomic E-state index is 0.115. The number of nitrogens with zero attached hydrogens (tertiary/aromatic N) is 4. The number of hydrogen-bond donors (Lipinski definition) is 1. The van der Waals surface area contributed by atoms with E-state index in [4.69, 9.17) is 16.3 Å². The van der Waals surface area contributed by atoms with E-state index < -0.39 is 0 Å². The zero-order chi connectivity index (χ0) is 20.4. The van der Waals surface area contributed by atoms with Crippen molar-refractivity contribution in [3.05, 3.63) is 52.8 Å². The number of hydrogen-bond acceptors (Lipinski definition) is 4. The zero-order valence-electron chi connectivity index (χ0n) is 16.0. The monoisotopic (exact) mass is 409 g/mol. The molecule has 1 saturated heterocycles. The number of ether oxygens (including phenoxy) is 1. The molecular formula is C21H20ClN5O2. The van der Waals surface area contributed by atoms with Crippen LogP contribution in [0.1, 0.15) is 11.1 Å². The maximum Gasteiger partial charge on any atom is 0.317 e. The number of rotatable bonds is 3. The molecule has 0 atom stereocenters. The molecule has 0 saturated carbocycles. The Morgan fingerprint density at radius 1 is 1.31 bits per heavy atom. The van der Waals surface area contributed by atoms with Gasteiger partial charge in [-0.1, -0.05) is 11.6 Å². The standard InChI is InChI=1S/C21H20ClN5O2/c1-26-19-9-16(22)2-3-17(19)18(10-23)20(26)15-8-14(11-24-13-15)12-25-21(28)27-4-6-29-7-5-27/h2-3,8-9,11,13H,4-7,12H2,1H3,(H,25,28). The maximum atomic E-state index is 12.3. The molecule has 1 aromatic carbocycles. The number of carbonyl (C=O) groups excluding carboxylic acids is 1. The van der Waals surface area contributed by atoms with E-state index in [0.29, 0.717) is 43.4 Å². The molecule has 1 aliphatic heterocycles. The molecule has 7 nitrogen and oxygen atoms in total. The number of aromatic nitrogens is 2. The summed E-state index contributed by atoms with van der Waals surface area (Å²) in [4.78, 5) is 18.4. The molecule has 1 N–H and O–H groups in total. The van der Waals surface area contributed by atoms with Gasteiger partial charge in [0.15, 0.2) is 0 Å². The highest BCUT2D eigenvalue weighted by molar-refractivity contribution is 6.31. The summed E-state index contributed by atoms with van der Waals surface area (Å²) in [6.07, 6.45) is 3.44. The van der Waals surface area contributed by atoms with Gasteiger partial charge in [-0.3, -0.25) is 4.98 Å². The third kappa shape index (κ3) is 3.77. The van der Waals surface area contributed by atoms with Crippen LogP contribution in [-0.4, -0.2) is 46.8 Å². The van der Waals surface area contributed by atoms with Crippen LogP contribution in [0.5, 0.6) is 0 Å². The second-order valence-electron chi connectivity index (χ2n) is 6.90. The van der Waals surface area contributed by atoms with Gasteiger partial charge in [0, 0.05) is 55.0 Å². The Bertz CT molecular complexity index is 1110. The van der Waals surface area contributed by atoms with E-state index in [9.17, 15) is 10.1 Å². The zero-order valence-corrected chi connectivity index (χ0v) is 16.7. The summed E-state index contributed by atoms with van der Waals surface area (Å²) < 4.78 is 7.23. The van der Waals surface area contributed by atoms with Gasteiger partial charge in [0.2, 0.25) is 0 Å². The van der Waals surface area contributed by atoms with Crippen molar-refractivity contribution in [1.82, 2.24) is 19.8 Å². The van der Waals surface area contributed by atoms with Crippen molar-refractivity contribution in [2.24, 2.45) is 7.05 Å². The number of pyridine rings is 1. The van der Waals surface area contributed by atoms with Crippen molar-refractivity contribution in [3.8, 4) is 17.3 Å². The number of aryl methyl sites for hydroxylation is 1. The Morgan fingerprint density at radius 2 is 2.10 bits per heavy atom. The van der Waals surface area contributed by atoms with Crippen LogP contribution >= 0.6 is 11.6 Å². The number of morpholine rings is 1. The minimum Gasteiger partial charge on any atom is -0.378 e. The number of halogens is 1. The third-order valence-electron chi connectivity index (χ3n) is 5.08. The van der Waals surface area contributed by atoms with Gasteiger partial charge in [0.05, 0.1) is 30.0 Å². The second kappa shape index (κ2) is 8.11. The molecule has 3 aromatic rings. The average molecular weight is 410 g/mol. The van der Waals surface area contributed by atoms with Gasteiger partial charge < -0.3 is 19.5 Å². The van der Waals surface area contributed by atoms with E-state index in [2.05, 4.69) is 16.4 Å². The normalized spacial score (nSPS) is 14.0. The number of nitrogens with one attached hydrogen (secondary N) is 1. The molecule has 0 aliphatic carbocycles. The summed E-state index contributed by atoms with van der Waals surface area (Å²) >= 11 is 6.14. The number of carbonyl (C=O) groups is 1. The van der Waals surface area contributed by atoms with Crippen LogP contribution in [0.15, 0.2) is 36.7 Å². The molecule has 2 amide bonds. The highest BCUT2D eigenvalue weighted by Gasteiger charge is 2.19. The predicted molar refractivity (Wildman–Crippen MR) is 111 cm³/mol. The van der Waals surface area contributed by atoms with Gasteiger partial charge in [0.1, 0.15) is 6.07 Å².